The first kappa shape index (κ1) is 13.9. The highest BCUT2D eigenvalue weighted by Gasteiger charge is 2.26. The van der Waals surface area contributed by atoms with E-state index in [2.05, 4.69) is 15.4 Å². The lowest BCUT2D eigenvalue weighted by Gasteiger charge is -2.16. The highest BCUT2D eigenvalue weighted by atomic mass is 16.5. The molecule has 0 saturated carbocycles. The Bertz CT molecular complexity index is 599. The molecule has 0 spiro atoms. The van der Waals surface area contributed by atoms with E-state index in [4.69, 9.17) is 8.94 Å². The minimum Gasteiger partial charge on any atom is -0.472 e. The average Bonchev–Trinajstić information content (AvgIpc) is 3.17. The zero-order valence-corrected chi connectivity index (χ0v) is 12.3. The number of hydrogen-bond donors (Lipinski definition) is 1. The summed E-state index contributed by atoms with van der Waals surface area (Å²) in [6.07, 6.45) is 3.92. The van der Waals surface area contributed by atoms with Crippen molar-refractivity contribution in [3.05, 3.63) is 41.2 Å². The molecule has 21 heavy (non-hydrogen) atoms. The molecule has 3 heterocycles. The second-order valence-electron chi connectivity index (χ2n) is 5.51. The third-order valence-electron chi connectivity index (χ3n) is 3.95. The lowest BCUT2D eigenvalue weighted by Crippen LogP contribution is -2.36. The number of likely N-dealkylation sites (tertiary alicyclic amines) is 1. The highest BCUT2D eigenvalue weighted by molar-refractivity contribution is 5.93. The zero-order valence-electron chi connectivity index (χ0n) is 12.3. The Balaban J connectivity index is 1.55. The first-order chi connectivity index (χ1) is 10.1. The van der Waals surface area contributed by atoms with Gasteiger partial charge in [-0.15, -0.1) is 0 Å². The Morgan fingerprint density at radius 1 is 1.52 bits per heavy atom. The largest absolute Gasteiger partial charge is 0.472 e. The third-order valence-corrected chi connectivity index (χ3v) is 3.95. The summed E-state index contributed by atoms with van der Waals surface area (Å²) in [4.78, 5) is 14.3. The van der Waals surface area contributed by atoms with E-state index in [-0.39, 0.29) is 11.9 Å². The van der Waals surface area contributed by atoms with Crippen LogP contribution in [-0.2, 0) is 6.54 Å². The molecule has 1 fully saturated rings. The molecular formula is C15H19N3O3. The number of carbonyl (C=O) groups is 1. The van der Waals surface area contributed by atoms with Gasteiger partial charge >= 0.3 is 0 Å². The first-order valence-corrected chi connectivity index (χ1v) is 7.10. The summed E-state index contributed by atoms with van der Waals surface area (Å²) >= 11 is 0. The molecular weight excluding hydrogens is 270 g/mol. The van der Waals surface area contributed by atoms with Crippen LogP contribution in [0.25, 0.3) is 0 Å². The van der Waals surface area contributed by atoms with E-state index in [1.807, 2.05) is 13.8 Å². The Kier molecular flexibility index (Phi) is 3.79. The van der Waals surface area contributed by atoms with Crippen molar-refractivity contribution in [2.45, 2.75) is 32.9 Å². The molecule has 6 nitrogen and oxygen atoms in total. The van der Waals surface area contributed by atoms with Crippen molar-refractivity contribution in [1.29, 1.82) is 0 Å². The lowest BCUT2D eigenvalue weighted by atomic mass is 10.2. The second-order valence-corrected chi connectivity index (χ2v) is 5.51. The number of nitrogens with one attached hydrogen (secondary N) is 1. The van der Waals surface area contributed by atoms with Gasteiger partial charge in [0.25, 0.3) is 5.91 Å². The number of amides is 1. The van der Waals surface area contributed by atoms with Crippen LogP contribution in [0.15, 0.2) is 27.5 Å². The second kappa shape index (κ2) is 5.73. The van der Waals surface area contributed by atoms with Gasteiger partial charge in [-0.3, -0.25) is 9.69 Å². The molecule has 2 aromatic heterocycles. The van der Waals surface area contributed by atoms with Gasteiger partial charge in [-0.2, -0.15) is 0 Å². The fraction of sp³-hybridized carbons (Fsp3) is 0.467. The van der Waals surface area contributed by atoms with Gasteiger partial charge in [0.05, 0.1) is 17.5 Å². The Morgan fingerprint density at radius 3 is 3.05 bits per heavy atom. The fourth-order valence-electron chi connectivity index (χ4n) is 2.71. The molecule has 1 aliphatic heterocycles. The number of rotatable bonds is 4. The Morgan fingerprint density at radius 2 is 2.38 bits per heavy atom. The van der Waals surface area contributed by atoms with Crippen LogP contribution in [0.5, 0.6) is 0 Å². The van der Waals surface area contributed by atoms with Crippen LogP contribution in [-0.4, -0.2) is 35.1 Å². The van der Waals surface area contributed by atoms with E-state index >= 15 is 0 Å². The van der Waals surface area contributed by atoms with Crippen LogP contribution in [0.4, 0.5) is 0 Å². The van der Waals surface area contributed by atoms with Crippen molar-refractivity contribution < 1.29 is 13.7 Å². The molecule has 0 aromatic carbocycles. The Labute approximate surface area is 123 Å². The molecule has 1 amide bonds. The molecule has 0 unspecified atom stereocenters. The number of nitrogens with zero attached hydrogens (tertiary/aromatic N) is 2. The fourth-order valence-corrected chi connectivity index (χ4v) is 2.71. The van der Waals surface area contributed by atoms with E-state index in [0.29, 0.717) is 5.56 Å². The Hall–Kier alpha value is -2.08. The number of carbonyl (C=O) groups excluding carboxylic acids is 1. The predicted molar refractivity (Wildman–Crippen MR) is 75.8 cm³/mol. The molecule has 0 radical (unpaired) electrons. The predicted octanol–water partition coefficient (Wildman–Crippen LogP) is 1.89. The normalized spacial score (nSPS) is 19.0. The summed E-state index contributed by atoms with van der Waals surface area (Å²) in [6, 6.07) is 1.85. The van der Waals surface area contributed by atoms with Crippen molar-refractivity contribution in [3.63, 3.8) is 0 Å². The molecule has 0 aliphatic carbocycles. The van der Waals surface area contributed by atoms with E-state index in [9.17, 15) is 4.79 Å². The van der Waals surface area contributed by atoms with Crippen LogP contribution in [0, 0.1) is 13.8 Å². The molecule has 1 atom stereocenters. The SMILES string of the molecule is Cc1noc(C)c1CN1CC[C@H](NC(=O)c2ccoc2)C1. The molecule has 112 valence electrons. The maximum absolute atomic E-state index is 12.0. The summed E-state index contributed by atoms with van der Waals surface area (Å²) in [5, 5.41) is 7.02. The molecule has 1 N–H and O–H groups in total. The summed E-state index contributed by atoms with van der Waals surface area (Å²) in [7, 11) is 0. The third kappa shape index (κ3) is 3.00. The highest BCUT2D eigenvalue weighted by Crippen LogP contribution is 2.19. The number of aryl methyl sites for hydroxylation is 2. The van der Waals surface area contributed by atoms with Gasteiger partial charge < -0.3 is 14.3 Å². The summed E-state index contributed by atoms with van der Waals surface area (Å²) in [6.45, 7) is 6.51. The molecule has 2 aromatic rings. The van der Waals surface area contributed by atoms with Crippen LogP contribution in [0.1, 0.15) is 33.8 Å². The van der Waals surface area contributed by atoms with Gasteiger partial charge in [-0.1, -0.05) is 5.16 Å². The monoisotopic (exact) mass is 289 g/mol. The van der Waals surface area contributed by atoms with Crippen molar-refractivity contribution in [2.75, 3.05) is 13.1 Å². The number of furan rings is 1. The maximum atomic E-state index is 12.0. The molecule has 0 bridgehead atoms. The molecule has 1 saturated heterocycles. The summed E-state index contributed by atoms with van der Waals surface area (Å²) in [5.74, 6) is 0.798. The van der Waals surface area contributed by atoms with E-state index < -0.39 is 0 Å². The van der Waals surface area contributed by atoms with E-state index in [0.717, 1.165) is 43.1 Å². The molecule has 1 aliphatic rings. The number of hydrogen-bond acceptors (Lipinski definition) is 5. The summed E-state index contributed by atoms with van der Waals surface area (Å²) in [5.41, 5.74) is 2.66. The topological polar surface area (TPSA) is 71.5 Å². The van der Waals surface area contributed by atoms with Crippen LogP contribution < -0.4 is 5.32 Å². The van der Waals surface area contributed by atoms with Gasteiger partial charge in [-0.05, 0) is 26.3 Å². The number of aromatic nitrogens is 1. The van der Waals surface area contributed by atoms with Crippen molar-refractivity contribution in [3.8, 4) is 0 Å². The van der Waals surface area contributed by atoms with Crippen molar-refractivity contribution >= 4 is 5.91 Å². The van der Waals surface area contributed by atoms with Gasteiger partial charge in [0.15, 0.2) is 0 Å². The smallest absolute Gasteiger partial charge is 0.254 e. The minimum absolute atomic E-state index is 0.0760. The van der Waals surface area contributed by atoms with Gasteiger partial charge in [0.1, 0.15) is 12.0 Å². The van der Waals surface area contributed by atoms with Crippen LogP contribution in [0.2, 0.25) is 0 Å². The lowest BCUT2D eigenvalue weighted by molar-refractivity contribution is 0.0937. The summed E-state index contributed by atoms with van der Waals surface area (Å²) < 4.78 is 10.1. The van der Waals surface area contributed by atoms with E-state index in [1.165, 1.54) is 12.5 Å². The van der Waals surface area contributed by atoms with Gasteiger partial charge in [0.2, 0.25) is 0 Å². The average molecular weight is 289 g/mol. The molecule has 3 rings (SSSR count). The minimum atomic E-state index is -0.0760. The maximum Gasteiger partial charge on any atom is 0.254 e. The van der Waals surface area contributed by atoms with Gasteiger partial charge in [0, 0.05) is 31.2 Å². The first-order valence-electron chi connectivity index (χ1n) is 7.10. The van der Waals surface area contributed by atoms with Gasteiger partial charge in [-0.25, -0.2) is 0 Å². The quantitative estimate of drug-likeness (QED) is 0.930. The van der Waals surface area contributed by atoms with Crippen LogP contribution in [0.3, 0.4) is 0 Å². The standard InChI is InChI=1S/C15H19N3O3/c1-10-14(11(2)21-17-10)8-18-5-3-13(7-18)16-15(19)12-4-6-20-9-12/h4,6,9,13H,3,5,7-8H2,1-2H3,(H,16,19)/t13-/m0/s1. The molecule has 6 heteroatoms. The van der Waals surface area contributed by atoms with Crippen molar-refractivity contribution in [1.82, 2.24) is 15.4 Å². The zero-order chi connectivity index (χ0) is 14.8. The van der Waals surface area contributed by atoms with Crippen LogP contribution >= 0.6 is 0 Å². The van der Waals surface area contributed by atoms with Crippen molar-refractivity contribution in [2.24, 2.45) is 0 Å². The van der Waals surface area contributed by atoms with E-state index in [1.54, 1.807) is 6.07 Å².